The van der Waals surface area contributed by atoms with Crippen molar-refractivity contribution >= 4 is 16.6 Å². The molecule has 3 aromatic carbocycles. The number of likely N-dealkylation sites (N-methyl/N-ethyl adjacent to an activating group) is 1. The smallest absolute Gasteiger partial charge is 0.128 e. The van der Waals surface area contributed by atoms with E-state index in [9.17, 15) is 4.39 Å². The number of benzene rings is 3. The van der Waals surface area contributed by atoms with Crippen LogP contribution in [0.15, 0.2) is 65.7 Å². The SMILES string of the molecule is CN(C)C1=NC(c2ccccc2F)c2cc3ccccc3cc2C1. The molecule has 1 unspecified atom stereocenters. The molecule has 3 aromatic rings. The molecular formula is C21H19FN2. The fraction of sp³-hybridized carbons (Fsp3) is 0.190. The average molecular weight is 318 g/mol. The van der Waals surface area contributed by atoms with Gasteiger partial charge in [-0.25, -0.2) is 4.39 Å². The number of fused-ring (bicyclic) bond motifs is 2. The second kappa shape index (κ2) is 5.75. The highest BCUT2D eigenvalue weighted by Gasteiger charge is 2.26. The summed E-state index contributed by atoms with van der Waals surface area (Å²) in [4.78, 5) is 6.88. The minimum absolute atomic E-state index is 0.203. The molecule has 1 atom stereocenters. The van der Waals surface area contributed by atoms with Crippen molar-refractivity contribution < 1.29 is 4.39 Å². The summed E-state index contributed by atoms with van der Waals surface area (Å²) in [6.07, 6.45) is 0.776. The van der Waals surface area contributed by atoms with E-state index in [0.29, 0.717) is 5.56 Å². The molecule has 24 heavy (non-hydrogen) atoms. The minimum atomic E-state index is -0.294. The quantitative estimate of drug-likeness (QED) is 0.641. The first-order chi connectivity index (χ1) is 11.6. The Bertz CT molecular complexity index is 943. The van der Waals surface area contributed by atoms with Crippen LogP contribution in [0.1, 0.15) is 22.7 Å². The lowest BCUT2D eigenvalue weighted by Gasteiger charge is -2.28. The van der Waals surface area contributed by atoms with Crippen molar-refractivity contribution in [3.8, 4) is 0 Å². The Labute approximate surface area is 141 Å². The second-order valence-corrected chi connectivity index (χ2v) is 6.44. The molecule has 0 N–H and O–H groups in total. The highest BCUT2D eigenvalue weighted by atomic mass is 19.1. The predicted molar refractivity (Wildman–Crippen MR) is 97.0 cm³/mol. The van der Waals surface area contributed by atoms with Crippen molar-refractivity contribution in [2.45, 2.75) is 12.5 Å². The fourth-order valence-corrected chi connectivity index (χ4v) is 3.35. The molecule has 0 aromatic heterocycles. The first-order valence-electron chi connectivity index (χ1n) is 8.13. The normalized spacial score (nSPS) is 16.6. The molecule has 2 nitrogen and oxygen atoms in total. The van der Waals surface area contributed by atoms with Crippen LogP contribution in [0, 0.1) is 5.82 Å². The monoisotopic (exact) mass is 318 g/mol. The third kappa shape index (κ3) is 2.46. The van der Waals surface area contributed by atoms with Gasteiger partial charge in [-0.1, -0.05) is 48.5 Å². The number of rotatable bonds is 1. The highest BCUT2D eigenvalue weighted by molar-refractivity contribution is 5.90. The van der Waals surface area contributed by atoms with Crippen LogP contribution in [0.4, 0.5) is 4.39 Å². The molecule has 0 saturated carbocycles. The third-order valence-corrected chi connectivity index (χ3v) is 4.64. The largest absolute Gasteiger partial charge is 0.366 e. The first-order valence-corrected chi connectivity index (χ1v) is 8.13. The lowest BCUT2D eigenvalue weighted by molar-refractivity contribution is 0.574. The number of hydrogen-bond donors (Lipinski definition) is 0. The van der Waals surface area contributed by atoms with Gasteiger partial charge in [-0.2, -0.15) is 0 Å². The number of nitrogens with zero attached hydrogens (tertiary/aromatic N) is 2. The fourth-order valence-electron chi connectivity index (χ4n) is 3.35. The van der Waals surface area contributed by atoms with Crippen molar-refractivity contribution in [3.05, 3.63) is 83.2 Å². The Morgan fingerprint density at radius 3 is 2.29 bits per heavy atom. The van der Waals surface area contributed by atoms with Gasteiger partial charge in [0.1, 0.15) is 17.7 Å². The van der Waals surface area contributed by atoms with Gasteiger partial charge in [-0.3, -0.25) is 4.99 Å². The van der Waals surface area contributed by atoms with Crippen LogP contribution in [0.2, 0.25) is 0 Å². The summed E-state index contributed by atoms with van der Waals surface area (Å²) in [6.45, 7) is 0. The van der Waals surface area contributed by atoms with Gasteiger partial charge in [0.05, 0.1) is 0 Å². The Kier molecular flexibility index (Phi) is 3.57. The Hall–Kier alpha value is -2.68. The lowest BCUT2D eigenvalue weighted by atomic mass is 9.88. The number of aliphatic imine (C=N–C) groups is 1. The maximum atomic E-state index is 14.4. The first kappa shape index (κ1) is 14.9. The van der Waals surface area contributed by atoms with Gasteiger partial charge in [0.15, 0.2) is 0 Å². The van der Waals surface area contributed by atoms with E-state index in [1.807, 2.05) is 43.3 Å². The minimum Gasteiger partial charge on any atom is -0.366 e. The van der Waals surface area contributed by atoms with Gasteiger partial charge in [-0.05, 0) is 34.0 Å². The Balaban J connectivity index is 1.95. The van der Waals surface area contributed by atoms with E-state index in [4.69, 9.17) is 4.99 Å². The Morgan fingerprint density at radius 2 is 1.58 bits per heavy atom. The molecule has 1 heterocycles. The number of halogens is 1. The summed E-state index contributed by atoms with van der Waals surface area (Å²) in [6, 6.07) is 19.3. The van der Waals surface area contributed by atoms with Crippen LogP contribution >= 0.6 is 0 Å². The molecule has 0 radical (unpaired) electrons. The van der Waals surface area contributed by atoms with E-state index in [2.05, 4.69) is 24.3 Å². The molecule has 1 aliphatic heterocycles. The summed E-state index contributed by atoms with van der Waals surface area (Å²) in [5, 5.41) is 2.38. The molecule has 4 rings (SSSR count). The summed E-state index contributed by atoms with van der Waals surface area (Å²) in [5.74, 6) is 0.774. The zero-order valence-corrected chi connectivity index (χ0v) is 13.8. The maximum absolute atomic E-state index is 14.4. The van der Waals surface area contributed by atoms with E-state index in [1.54, 1.807) is 6.07 Å². The van der Waals surface area contributed by atoms with E-state index in [0.717, 1.165) is 17.8 Å². The molecule has 0 amide bonds. The van der Waals surface area contributed by atoms with Crippen molar-refractivity contribution in [1.29, 1.82) is 0 Å². The molecular weight excluding hydrogens is 299 g/mol. The molecule has 0 spiro atoms. The molecule has 0 bridgehead atoms. The summed E-state index contributed by atoms with van der Waals surface area (Å²) < 4.78 is 14.4. The Morgan fingerprint density at radius 1 is 0.917 bits per heavy atom. The van der Waals surface area contributed by atoms with Crippen LogP contribution < -0.4 is 0 Å². The van der Waals surface area contributed by atoms with Gasteiger partial charge in [0.25, 0.3) is 0 Å². The van der Waals surface area contributed by atoms with Crippen LogP contribution in [0.3, 0.4) is 0 Å². The summed E-state index contributed by atoms with van der Waals surface area (Å²) >= 11 is 0. The number of hydrogen-bond acceptors (Lipinski definition) is 2. The predicted octanol–water partition coefficient (Wildman–Crippen LogP) is 4.58. The lowest BCUT2D eigenvalue weighted by Crippen LogP contribution is -2.29. The zero-order valence-electron chi connectivity index (χ0n) is 13.8. The van der Waals surface area contributed by atoms with Crippen LogP contribution in [-0.4, -0.2) is 24.8 Å². The van der Waals surface area contributed by atoms with Crippen LogP contribution in [-0.2, 0) is 6.42 Å². The van der Waals surface area contributed by atoms with E-state index in [-0.39, 0.29) is 11.9 Å². The third-order valence-electron chi connectivity index (χ3n) is 4.64. The van der Waals surface area contributed by atoms with Crippen molar-refractivity contribution in [3.63, 3.8) is 0 Å². The topological polar surface area (TPSA) is 15.6 Å². The van der Waals surface area contributed by atoms with E-state index >= 15 is 0 Å². The zero-order chi connectivity index (χ0) is 16.7. The molecule has 3 heteroatoms. The molecule has 120 valence electrons. The molecule has 0 fully saturated rings. The van der Waals surface area contributed by atoms with Gasteiger partial charge in [-0.15, -0.1) is 0 Å². The maximum Gasteiger partial charge on any atom is 0.128 e. The van der Waals surface area contributed by atoms with E-state index in [1.165, 1.54) is 22.4 Å². The van der Waals surface area contributed by atoms with E-state index < -0.39 is 0 Å². The van der Waals surface area contributed by atoms with Gasteiger partial charge < -0.3 is 4.90 Å². The van der Waals surface area contributed by atoms with Crippen molar-refractivity contribution in [2.75, 3.05) is 14.1 Å². The molecule has 1 aliphatic rings. The summed E-state index contributed by atoms with van der Waals surface area (Å²) in [5.41, 5.74) is 2.96. The van der Waals surface area contributed by atoms with Crippen LogP contribution in [0.25, 0.3) is 10.8 Å². The highest BCUT2D eigenvalue weighted by Crippen LogP contribution is 2.36. The van der Waals surface area contributed by atoms with Gasteiger partial charge in [0, 0.05) is 26.1 Å². The van der Waals surface area contributed by atoms with Crippen molar-refractivity contribution in [1.82, 2.24) is 4.90 Å². The molecule has 0 saturated heterocycles. The standard InChI is InChI=1S/C21H19FN2/c1-24(2)20-13-16-11-14-7-3-4-8-15(14)12-18(16)21(23-20)17-9-5-6-10-19(17)22/h3-12,21H,13H2,1-2H3. The average Bonchev–Trinajstić information content (AvgIpc) is 2.59. The summed E-state index contributed by atoms with van der Waals surface area (Å²) in [7, 11) is 3.98. The number of amidine groups is 1. The molecule has 0 aliphatic carbocycles. The van der Waals surface area contributed by atoms with Gasteiger partial charge in [0.2, 0.25) is 0 Å². The van der Waals surface area contributed by atoms with Crippen LogP contribution in [0.5, 0.6) is 0 Å². The van der Waals surface area contributed by atoms with Crippen molar-refractivity contribution in [2.24, 2.45) is 4.99 Å². The van der Waals surface area contributed by atoms with Gasteiger partial charge >= 0.3 is 0 Å². The second-order valence-electron chi connectivity index (χ2n) is 6.44.